The van der Waals surface area contributed by atoms with Crippen LogP contribution < -0.4 is 0 Å². The zero-order valence-corrected chi connectivity index (χ0v) is 6.04. The minimum atomic E-state index is -0.151. The van der Waals surface area contributed by atoms with Gasteiger partial charge in [-0.25, -0.2) is 0 Å². The Morgan fingerprint density at radius 2 is 2.12 bits per heavy atom. The molecule has 0 N–H and O–H groups in total. The summed E-state index contributed by atoms with van der Waals surface area (Å²) in [6.07, 6.45) is 0. The Labute approximate surface area is 58.4 Å². The topological polar surface area (TPSA) is 20.3 Å². The Bertz CT molecular complexity index is 86.1. The molecule has 0 heterocycles. The molecule has 0 aliphatic heterocycles. The first-order chi connectivity index (χ1) is 3.72. The van der Waals surface area contributed by atoms with Crippen LogP contribution in [-0.2, 0) is 4.79 Å². The van der Waals surface area contributed by atoms with Crippen molar-refractivity contribution < 1.29 is 4.79 Å². The van der Waals surface area contributed by atoms with Crippen LogP contribution in [0, 0.1) is 0 Å². The first kappa shape index (κ1) is 8.05. The predicted octanol–water partition coefficient (Wildman–Crippen LogP) is 0.880. The number of carbonyl (C=O) groups excluding carboxylic acids is 1. The maximum atomic E-state index is 10.5. The molecule has 2 nitrogen and oxygen atoms in total. The highest BCUT2D eigenvalue weighted by atomic mass is 35.5. The zero-order chi connectivity index (χ0) is 6.57. The van der Waals surface area contributed by atoms with Crippen LogP contribution in [0.2, 0.25) is 0 Å². The third-order valence-electron chi connectivity index (χ3n) is 0.719. The van der Waals surface area contributed by atoms with Gasteiger partial charge in [-0.1, -0.05) is 0 Å². The maximum absolute atomic E-state index is 10.5. The van der Waals surface area contributed by atoms with Crippen LogP contribution >= 0.6 is 23.2 Å². The van der Waals surface area contributed by atoms with Crippen LogP contribution in [0.1, 0.15) is 0 Å². The van der Waals surface area contributed by atoms with Gasteiger partial charge in [0.15, 0.2) is 0 Å². The van der Waals surface area contributed by atoms with E-state index in [9.17, 15) is 4.79 Å². The second kappa shape index (κ2) is 3.98. The number of hydrogen-bond acceptors (Lipinski definition) is 1. The number of halogens is 2. The lowest BCUT2D eigenvalue weighted by Crippen LogP contribution is -2.25. The Balaban J connectivity index is 3.46. The van der Waals surface area contributed by atoms with E-state index in [4.69, 9.17) is 23.2 Å². The Morgan fingerprint density at radius 3 is 2.25 bits per heavy atom. The van der Waals surface area contributed by atoms with Gasteiger partial charge in [-0.05, 0) is 0 Å². The van der Waals surface area contributed by atoms with Crippen molar-refractivity contribution in [3.8, 4) is 0 Å². The molecule has 0 radical (unpaired) electrons. The highest BCUT2D eigenvalue weighted by Crippen LogP contribution is 1.88. The van der Waals surface area contributed by atoms with Gasteiger partial charge in [-0.3, -0.25) is 4.79 Å². The summed E-state index contributed by atoms with van der Waals surface area (Å²) in [5.41, 5.74) is 0. The Kier molecular flexibility index (Phi) is 4.01. The van der Waals surface area contributed by atoms with Crippen molar-refractivity contribution in [2.45, 2.75) is 0 Å². The summed E-state index contributed by atoms with van der Waals surface area (Å²) >= 11 is 10.4. The summed E-state index contributed by atoms with van der Waals surface area (Å²) in [5.74, 6) is -0.148. The van der Waals surface area contributed by atoms with Gasteiger partial charge in [-0.15, -0.1) is 23.2 Å². The second-order valence-corrected chi connectivity index (χ2v) is 1.85. The molecule has 0 spiro atoms. The third kappa shape index (κ3) is 2.38. The monoisotopic (exact) mass is 155 g/mol. The predicted molar refractivity (Wildman–Crippen MR) is 34.2 cm³/mol. The maximum Gasteiger partial charge on any atom is 0.238 e. The molecule has 0 aromatic heterocycles. The fourth-order valence-electron chi connectivity index (χ4n) is 0.169. The van der Waals surface area contributed by atoms with Crippen molar-refractivity contribution in [1.29, 1.82) is 0 Å². The molecule has 0 atom stereocenters. The minimum Gasteiger partial charge on any atom is -0.331 e. The fourth-order valence-corrected chi connectivity index (χ4v) is 0.506. The molecule has 1 amide bonds. The van der Waals surface area contributed by atoms with Crippen molar-refractivity contribution in [2.75, 3.05) is 18.9 Å². The molecule has 0 unspecified atom stereocenters. The van der Waals surface area contributed by atoms with Crippen LogP contribution in [0.25, 0.3) is 0 Å². The molecule has 0 rings (SSSR count). The SMILES string of the molecule is CN(CCl)C(=O)CCl. The summed E-state index contributed by atoms with van der Waals surface area (Å²) in [6.45, 7) is 0. The molecular formula is C4H7Cl2NO. The normalized spacial score (nSPS) is 8.88. The first-order valence-corrected chi connectivity index (χ1v) is 3.15. The molecular weight excluding hydrogens is 149 g/mol. The number of rotatable bonds is 2. The largest absolute Gasteiger partial charge is 0.331 e. The van der Waals surface area contributed by atoms with Gasteiger partial charge < -0.3 is 4.90 Å². The number of amides is 1. The lowest BCUT2D eigenvalue weighted by atomic mass is 10.6. The Hall–Kier alpha value is 0.0500. The average Bonchev–Trinajstić information content (AvgIpc) is 1.84. The van der Waals surface area contributed by atoms with E-state index in [1.165, 1.54) is 4.90 Å². The summed E-state index contributed by atoms with van der Waals surface area (Å²) in [7, 11) is 1.59. The van der Waals surface area contributed by atoms with Crippen LogP contribution in [0.3, 0.4) is 0 Å². The molecule has 4 heteroatoms. The Morgan fingerprint density at radius 1 is 1.62 bits per heavy atom. The van der Waals surface area contributed by atoms with Crippen molar-refractivity contribution in [3.05, 3.63) is 0 Å². The smallest absolute Gasteiger partial charge is 0.238 e. The van der Waals surface area contributed by atoms with Gasteiger partial charge >= 0.3 is 0 Å². The average molecular weight is 156 g/mol. The summed E-state index contributed by atoms with van der Waals surface area (Å²) in [5, 5.41) is 0. The quantitative estimate of drug-likeness (QED) is 0.429. The molecule has 0 saturated carbocycles. The minimum absolute atomic E-state index is 0.00319. The van der Waals surface area contributed by atoms with E-state index < -0.39 is 0 Å². The van der Waals surface area contributed by atoms with E-state index in [-0.39, 0.29) is 17.8 Å². The van der Waals surface area contributed by atoms with Gasteiger partial charge in [0.1, 0.15) is 5.88 Å². The van der Waals surface area contributed by atoms with Crippen molar-refractivity contribution in [1.82, 2.24) is 4.90 Å². The number of alkyl halides is 2. The van der Waals surface area contributed by atoms with Crippen LogP contribution in [-0.4, -0.2) is 29.7 Å². The van der Waals surface area contributed by atoms with Crippen LogP contribution in [0.15, 0.2) is 0 Å². The van der Waals surface area contributed by atoms with E-state index in [2.05, 4.69) is 0 Å². The van der Waals surface area contributed by atoms with Crippen LogP contribution in [0.4, 0.5) is 0 Å². The number of nitrogens with zero attached hydrogens (tertiary/aromatic N) is 1. The fraction of sp³-hybridized carbons (Fsp3) is 0.750. The molecule has 0 aliphatic rings. The lowest BCUT2D eigenvalue weighted by molar-refractivity contribution is -0.126. The van der Waals surface area contributed by atoms with Gasteiger partial charge in [0.25, 0.3) is 0 Å². The number of hydrogen-bond donors (Lipinski definition) is 0. The van der Waals surface area contributed by atoms with Gasteiger partial charge in [0, 0.05) is 7.05 Å². The van der Waals surface area contributed by atoms with E-state index in [0.717, 1.165) is 0 Å². The molecule has 0 aliphatic carbocycles. The molecule has 8 heavy (non-hydrogen) atoms. The lowest BCUT2D eigenvalue weighted by Gasteiger charge is -2.09. The summed E-state index contributed by atoms with van der Waals surface area (Å²) < 4.78 is 0. The van der Waals surface area contributed by atoms with Crippen molar-refractivity contribution in [2.24, 2.45) is 0 Å². The standard InChI is InChI=1S/C4H7Cl2NO/c1-7(3-6)4(8)2-5/h2-3H2,1H3. The van der Waals surface area contributed by atoms with E-state index in [1.807, 2.05) is 0 Å². The van der Waals surface area contributed by atoms with Crippen molar-refractivity contribution >= 4 is 29.1 Å². The molecule has 0 bridgehead atoms. The second-order valence-electron chi connectivity index (χ2n) is 1.34. The number of carbonyl (C=O) groups is 1. The van der Waals surface area contributed by atoms with Gasteiger partial charge in [0.2, 0.25) is 5.91 Å². The molecule has 48 valence electrons. The van der Waals surface area contributed by atoms with E-state index in [0.29, 0.717) is 0 Å². The molecule has 0 aromatic rings. The summed E-state index contributed by atoms with van der Waals surface area (Å²) in [6, 6.07) is 0.200. The van der Waals surface area contributed by atoms with Crippen LogP contribution in [0.5, 0.6) is 0 Å². The van der Waals surface area contributed by atoms with Gasteiger partial charge in [0.05, 0.1) is 6.00 Å². The molecule has 0 aromatic carbocycles. The first-order valence-electron chi connectivity index (χ1n) is 2.08. The van der Waals surface area contributed by atoms with Crippen molar-refractivity contribution in [3.63, 3.8) is 0 Å². The van der Waals surface area contributed by atoms with E-state index in [1.54, 1.807) is 7.05 Å². The third-order valence-corrected chi connectivity index (χ3v) is 1.31. The summed E-state index contributed by atoms with van der Waals surface area (Å²) in [4.78, 5) is 11.8. The van der Waals surface area contributed by atoms with E-state index >= 15 is 0 Å². The highest BCUT2D eigenvalue weighted by molar-refractivity contribution is 6.27. The molecule has 0 saturated heterocycles. The van der Waals surface area contributed by atoms with Gasteiger partial charge in [-0.2, -0.15) is 0 Å². The zero-order valence-electron chi connectivity index (χ0n) is 4.53. The molecule has 0 fully saturated rings. The highest BCUT2D eigenvalue weighted by Gasteiger charge is 2.02.